The molecule has 0 amide bonds. The molecule has 0 spiro atoms. The first-order valence-electron chi connectivity index (χ1n) is 5.93. The molecule has 0 aromatic heterocycles. The molecule has 0 aliphatic rings. The molecule has 9 heteroatoms. The lowest BCUT2D eigenvalue weighted by Gasteiger charge is -2.15. The van der Waals surface area contributed by atoms with Gasteiger partial charge < -0.3 is 10.5 Å². The average molecular weight is 358 g/mol. The van der Waals surface area contributed by atoms with E-state index >= 15 is 0 Å². The van der Waals surface area contributed by atoms with Gasteiger partial charge in [-0.25, -0.2) is 13.2 Å². The normalized spacial score (nSPS) is 12.5. The number of hydrogen-bond donors (Lipinski definition) is 1. The molecule has 2 N–H and O–H groups in total. The summed E-state index contributed by atoms with van der Waals surface area (Å²) in [7, 11) is 0. The van der Waals surface area contributed by atoms with E-state index in [9.17, 15) is 26.3 Å². The van der Waals surface area contributed by atoms with Gasteiger partial charge in [-0.2, -0.15) is 0 Å². The Morgan fingerprint density at radius 3 is 1.91 bits per heavy atom. The fourth-order valence-corrected chi connectivity index (χ4v) is 1.83. The second-order valence-electron chi connectivity index (χ2n) is 4.38. The molecule has 0 bridgehead atoms. The van der Waals surface area contributed by atoms with Crippen molar-refractivity contribution >= 4 is 12.4 Å². The van der Waals surface area contributed by atoms with Crippen LogP contribution < -0.4 is 10.5 Å². The van der Waals surface area contributed by atoms with Gasteiger partial charge in [-0.05, 0) is 23.8 Å². The van der Waals surface area contributed by atoms with Crippen molar-refractivity contribution in [1.29, 1.82) is 0 Å². The molecular weight excluding hydrogens is 348 g/mol. The van der Waals surface area contributed by atoms with Gasteiger partial charge in [-0.1, -0.05) is 12.1 Å². The summed E-state index contributed by atoms with van der Waals surface area (Å²) in [5.74, 6) is -4.16. The first kappa shape index (κ1) is 19.1. The van der Waals surface area contributed by atoms with Crippen LogP contribution in [0.2, 0.25) is 0 Å². The van der Waals surface area contributed by atoms with Crippen molar-refractivity contribution in [1.82, 2.24) is 0 Å². The Labute approximate surface area is 133 Å². The lowest BCUT2D eigenvalue weighted by Crippen LogP contribution is -2.17. The van der Waals surface area contributed by atoms with Gasteiger partial charge in [0.15, 0.2) is 11.6 Å². The van der Waals surface area contributed by atoms with E-state index in [2.05, 4.69) is 4.74 Å². The predicted molar refractivity (Wildman–Crippen MR) is 72.7 cm³/mol. The van der Waals surface area contributed by atoms with E-state index in [0.717, 1.165) is 12.1 Å². The van der Waals surface area contributed by atoms with Crippen molar-refractivity contribution in [3.05, 3.63) is 65.0 Å². The molecule has 0 saturated heterocycles. The van der Waals surface area contributed by atoms with Gasteiger partial charge in [0.1, 0.15) is 11.6 Å². The second kappa shape index (κ2) is 7.10. The summed E-state index contributed by atoms with van der Waals surface area (Å²) in [5, 5.41) is 0. The number of hydrogen-bond acceptors (Lipinski definition) is 2. The maximum Gasteiger partial charge on any atom is 0.573 e. The Kier molecular flexibility index (Phi) is 5.90. The molecule has 126 valence electrons. The molecular formula is C14H10ClF6NO. The molecule has 0 aliphatic carbocycles. The number of halogens is 7. The van der Waals surface area contributed by atoms with E-state index in [-0.39, 0.29) is 23.5 Å². The van der Waals surface area contributed by atoms with Crippen molar-refractivity contribution in [2.45, 2.75) is 12.4 Å². The zero-order chi connectivity index (χ0) is 16.5. The Balaban J connectivity index is 0.00000264. The highest BCUT2D eigenvalue weighted by Gasteiger charge is 2.31. The van der Waals surface area contributed by atoms with Gasteiger partial charge in [-0.15, -0.1) is 25.6 Å². The molecule has 1 atom stereocenters. The van der Waals surface area contributed by atoms with E-state index < -0.39 is 35.6 Å². The summed E-state index contributed by atoms with van der Waals surface area (Å²) in [5.41, 5.74) is 5.61. The van der Waals surface area contributed by atoms with Gasteiger partial charge in [0, 0.05) is 11.6 Å². The highest BCUT2D eigenvalue weighted by Crippen LogP contribution is 2.27. The minimum absolute atomic E-state index is 0. The Bertz CT molecular complexity index is 674. The van der Waals surface area contributed by atoms with E-state index in [1.807, 2.05) is 0 Å². The fraction of sp³-hybridized carbons (Fsp3) is 0.143. The molecule has 23 heavy (non-hydrogen) atoms. The van der Waals surface area contributed by atoms with Crippen molar-refractivity contribution in [3.63, 3.8) is 0 Å². The van der Waals surface area contributed by atoms with E-state index in [1.165, 1.54) is 12.1 Å². The van der Waals surface area contributed by atoms with Crippen LogP contribution in [0.15, 0.2) is 36.4 Å². The Hall–Kier alpha value is -1.93. The smallest absolute Gasteiger partial charge is 0.406 e. The van der Waals surface area contributed by atoms with Crippen LogP contribution in [-0.4, -0.2) is 6.36 Å². The summed E-state index contributed by atoms with van der Waals surface area (Å²) in [6.07, 6.45) is -4.84. The third-order valence-corrected chi connectivity index (χ3v) is 2.85. The summed E-state index contributed by atoms with van der Waals surface area (Å²) >= 11 is 0. The third-order valence-electron chi connectivity index (χ3n) is 2.85. The molecule has 0 fully saturated rings. The van der Waals surface area contributed by atoms with Crippen molar-refractivity contribution in [2.75, 3.05) is 0 Å². The van der Waals surface area contributed by atoms with Crippen LogP contribution in [0.1, 0.15) is 17.2 Å². The maximum absolute atomic E-state index is 13.6. The lowest BCUT2D eigenvalue weighted by atomic mass is 9.99. The topological polar surface area (TPSA) is 35.2 Å². The van der Waals surface area contributed by atoms with Gasteiger partial charge in [0.25, 0.3) is 0 Å². The molecule has 0 unspecified atom stereocenters. The van der Waals surface area contributed by atoms with Crippen LogP contribution in [0.5, 0.6) is 5.75 Å². The molecule has 2 nitrogen and oxygen atoms in total. The molecule has 2 aromatic carbocycles. The summed E-state index contributed by atoms with van der Waals surface area (Å²) in [4.78, 5) is 0. The van der Waals surface area contributed by atoms with Crippen LogP contribution >= 0.6 is 12.4 Å². The molecule has 0 heterocycles. The fourth-order valence-electron chi connectivity index (χ4n) is 1.83. The zero-order valence-corrected chi connectivity index (χ0v) is 12.0. The summed E-state index contributed by atoms with van der Waals surface area (Å²) in [6.45, 7) is 0. The second-order valence-corrected chi connectivity index (χ2v) is 4.38. The minimum Gasteiger partial charge on any atom is -0.406 e. The Morgan fingerprint density at radius 2 is 1.39 bits per heavy atom. The van der Waals surface area contributed by atoms with Gasteiger partial charge in [0.2, 0.25) is 0 Å². The number of alkyl halides is 3. The maximum atomic E-state index is 13.6. The quantitative estimate of drug-likeness (QED) is 0.649. The highest BCUT2D eigenvalue weighted by atomic mass is 35.5. The van der Waals surface area contributed by atoms with Crippen LogP contribution in [0.25, 0.3) is 0 Å². The van der Waals surface area contributed by atoms with Crippen LogP contribution in [0.4, 0.5) is 26.3 Å². The van der Waals surface area contributed by atoms with Crippen LogP contribution in [0.3, 0.4) is 0 Å². The number of nitrogens with two attached hydrogens (primary N) is 1. The van der Waals surface area contributed by atoms with Crippen molar-refractivity contribution in [2.24, 2.45) is 5.73 Å². The molecule has 2 aromatic rings. The monoisotopic (exact) mass is 357 g/mol. The summed E-state index contributed by atoms with van der Waals surface area (Å²) < 4.78 is 79.4. The van der Waals surface area contributed by atoms with E-state index in [0.29, 0.717) is 12.1 Å². The summed E-state index contributed by atoms with van der Waals surface area (Å²) in [6, 6.07) is 4.11. The van der Waals surface area contributed by atoms with Gasteiger partial charge in [-0.3, -0.25) is 0 Å². The lowest BCUT2D eigenvalue weighted by molar-refractivity contribution is -0.274. The number of rotatable bonds is 3. The van der Waals surface area contributed by atoms with Crippen LogP contribution in [-0.2, 0) is 0 Å². The van der Waals surface area contributed by atoms with Crippen molar-refractivity contribution in [3.8, 4) is 5.75 Å². The first-order valence-corrected chi connectivity index (χ1v) is 5.93. The van der Waals surface area contributed by atoms with E-state index in [4.69, 9.17) is 5.73 Å². The van der Waals surface area contributed by atoms with Crippen LogP contribution in [0, 0.1) is 17.5 Å². The Morgan fingerprint density at radius 1 is 0.870 bits per heavy atom. The first-order chi connectivity index (χ1) is 10.2. The molecule has 0 radical (unpaired) electrons. The van der Waals surface area contributed by atoms with E-state index in [1.54, 1.807) is 0 Å². The number of benzene rings is 2. The average Bonchev–Trinajstić information content (AvgIpc) is 2.41. The molecule has 0 aliphatic heterocycles. The predicted octanol–water partition coefficient (Wildman–Crippen LogP) is 4.47. The largest absolute Gasteiger partial charge is 0.573 e. The van der Waals surface area contributed by atoms with Crippen molar-refractivity contribution < 1.29 is 31.1 Å². The zero-order valence-electron chi connectivity index (χ0n) is 11.2. The third kappa shape index (κ3) is 4.77. The molecule has 2 rings (SSSR count). The minimum atomic E-state index is -4.84. The number of ether oxygens (including phenoxy) is 1. The standard InChI is InChI=1S/C14H9F6NO.ClH/c15-10-6-12(17)11(16)5-9(10)13(21)7-1-3-8(4-2-7)22-14(18,19)20;/h1-6,13H,21H2;1H/t13-;/m0./s1. The van der Waals surface area contributed by atoms with Gasteiger partial charge in [0.05, 0.1) is 6.04 Å². The molecule has 0 saturated carbocycles. The van der Waals surface area contributed by atoms with Gasteiger partial charge >= 0.3 is 6.36 Å². The SMILES string of the molecule is Cl.N[C@@H](c1ccc(OC(F)(F)F)cc1)c1cc(F)c(F)cc1F. The highest BCUT2D eigenvalue weighted by molar-refractivity contribution is 5.85.